The summed E-state index contributed by atoms with van der Waals surface area (Å²) in [6.45, 7) is 4.19. The number of hydrogen-bond donors (Lipinski definition) is 0. The first-order chi connectivity index (χ1) is 9.20. The molecule has 104 valence electrons. The largest absolute Gasteiger partial charge is 0.497 e. The van der Waals surface area contributed by atoms with E-state index >= 15 is 0 Å². The maximum absolute atomic E-state index is 5.55. The smallest absolute Gasteiger partial charge is 0.144 e. The van der Waals surface area contributed by atoms with Gasteiger partial charge in [0.05, 0.1) is 13.7 Å². The van der Waals surface area contributed by atoms with Crippen molar-refractivity contribution in [1.29, 1.82) is 0 Å². The van der Waals surface area contributed by atoms with Crippen molar-refractivity contribution < 1.29 is 14.2 Å². The zero-order valence-electron chi connectivity index (χ0n) is 11.8. The predicted molar refractivity (Wildman–Crippen MR) is 74.0 cm³/mol. The van der Waals surface area contributed by atoms with Gasteiger partial charge < -0.3 is 14.2 Å². The van der Waals surface area contributed by atoms with Crippen LogP contribution in [0.4, 0.5) is 0 Å². The average Bonchev–Trinajstić information content (AvgIpc) is 2.47. The van der Waals surface area contributed by atoms with Crippen molar-refractivity contribution >= 4 is 0 Å². The summed E-state index contributed by atoms with van der Waals surface area (Å²) in [5, 5.41) is 0. The maximum Gasteiger partial charge on any atom is 0.144 e. The molecule has 1 unspecified atom stereocenters. The van der Waals surface area contributed by atoms with Gasteiger partial charge in [0, 0.05) is 6.04 Å². The van der Waals surface area contributed by atoms with E-state index in [1.165, 1.54) is 5.56 Å². The number of hydrogen-bond acceptors (Lipinski definition) is 4. The van der Waals surface area contributed by atoms with Crippen LogP contribution in [0.15, 0.2) is 36.3 Å². The van der Waals surface area contributed by atoms with Gasteiger partial charge >= 0.3 is 0 Å². The lowest BCUT2D eigenvalue weighted by Gasteiger charge is -2.27. The summed E-state index contributed by atoms with van der Waals surface area (Å²) in [6, 6.07) is 8.45. The molecule has 2 rings (SSSR count). The van der Waals surface area contributed by atoms with Gasteiger partial charge in [-0.3, -0.25) is 4.90 Å². The van der Waals surface area contributed by atoms with Crippen molar-refractivity contribution in [3.05, 3.63) is 41.9 Å². The van der Waals surface area contributed by atoms with Gasteiger partial charge in [-0.25, -0.2) is 0 Å². The summed E-state index contributed by atoms with van der Waals surface area (Å²) < 4.78 is 16.0. The minimum atomic E-state index is 0.303. The second kappa shape index (κ2) is 6.48. The molecule has 1 aliphatic heterocycles. The Bertz CT molecular complexity index is 428. The van der Waals surface area contributed by atoms with E-state index < -0.39 is 0 Å². The Morgan fingerprint density at radius 3 is 2.58 bits per heavy atom. The SMILES string of the molecule is COc1ccc(C(C)N(C)CC2=COCCO2)cc1. The summed E-state index contributed by atoms with van der Waals surface area (Å²) >= 11 is 0. The summed E-state index contributed by atoms with van der Waals surface area (Å²) in [6.07, 6.45) is 1.71. The van der Waals surface area contributed by atoms with Crippen LogP contribution in [0.3, 0.4) is 0 Å². The van der Waals surface area contributed by atoms with Crippen LogP contribution in [-0.2, 0) is 9.47 Å². The van der Waals surface area contributed by atoms with E-state index in [-0.39, 0.29) is 0 Å². The van der Waals surface area contributed by atoms with Crippen molar-refractivity contribution in [3.63, 3.8) is 0 Å². The molecule has 1 atom stereocenters. The number of likely N-dealkylation sites (N-methyl/N-ethyl adjacent to an activating group) is 1. The summed E-state index contributed by atoms with van der Waals surface area (Å²) in [5.41, 5.74) is 1.25. The zero-order chi connectivity index (χ0) is 13.7. The van der Waals surface area contributed by atoms with Gasteiger partial charge in [-0.05, 0) is 31.7 Å². The topological polar surface area (TPSA) is 30.9 Å². The minimum Gasteiger partial charge on any atom is -0.497 e. The van der Waals surface area contributed by atoms with Crippen LogP contribution in [0, 0.1) is 0 Å². The molecule has 0 spiro atoms. The molecule has 0 N–H and O–H groups in total. The third-order valence-electron chi connectivity index (χ3n) is 3.37. The van der Waals surface area contributed by atoms with E-state index in [1.807, 2.05) is 12.1 Å². The zero-order valence-corrected chi connectivity index (χ0v) is 11.8. The third kappa shape index (κ3) is 3.64. The minimum absolute atomic E-state index is 0.303. The van der Waals surface area contributed by atoms with Crippen LogP contribution in [0.5, 0.6) is 5.75 Å². The second-order valence-corrected chi connectivity index (χ2v) is 4.67. The fraction of sp³-hybridized carbons (Fsp3) is 0.467. The van der Waals surface area contributed by atoms with E-state index in [0.29, 0.717) is 19.3 Å². The highest BCUT2D eigenvalue weighted by atomic mass is 16.6. The standard InChI is InChI=1S/C15H21NO3/c1-12(13-4-6-14(17-3)7-5-13)16(2)10-15-11-18-8-9-19-15/h4-7,11-12H,8-10H2,1-3H3. The summed E-state index contributed by atoms with van der Waals surface area (Å²) in [4.78, 5) is 2.22. The van der Waals surface area contributed by atoms with Crippen LogP contribution in [-0.4, -0.2) is 38.8 Å². The molecule has 0 saturated carbocycles. The predicted octanol–water partition coefficient (Wildman–Crippen LogP) is 2.58. The van der Waals surface area contributed by atoms with Crippen molar-refractivity contribution in [2.24, 2.45) is 0 Å². The van der Waals surface area contributed by atoms with Gasteiger partial charge in [0.25, 0.3) is 0 Å². The number of nitrogens with zero attached hydrogens (tertiary/aromatic N) is 1. The quantitative estimate of drug-likeness (QED) is 0.817. The van der Waals surface area contributed by atoms with E-state index in [0.717, 1.165) is 18.1 Å². The van der Waals surface area contributed by atoms with Gasteiger partial charge in [0.15, 0.2) is 0 Å². The summed E-state index contributed by atoms with van der Waals surface area (Å²) in [5.74, 6) is 1.76. The van der Waals surface area contributed by atoms with Crippen molar-refractivity contribution in [2.45, 2.75) is 13.0 Å². The van der Waals surface area contributed by atoms with Crippen LogP contribution in [0.1, 0.15) is 18.5 Å². The molecule has 0 saturated heterocycles. The monoisotopic (exact) mass is 263 g/mol. The molecule has 1 aromatic rings. The Labute approximate surface area is 114 Å². The van der Waals surface area contributed by atoms with Gasteiger partial charge in [-0.15, -0.1) is 0 Å². The molecule has 0 aliphatic carbocycles. The number of benzene rings is 1. The van der Waals surface area contributed by atoms with E-state index in [1.54, 1.807) is 13.4 Å². The molecule has 1 heterocycles. The highest BCUT2D eigenvalue weighted by molar-refractivity contribution is 5.28. The Kier molecular flexibility index (Phi) is 4.68. The van der Waals surface area contributed by atoms with Crippen LogP contribution >= 0.6 is 0 Å². The fourth-order valence-corrected chi connectivity index (χ4v) is 2.01. The molecule has 4 heteroatoms. The number of ether oxygens (including phenoxy) is 3. The first kappa shape index (κ1) is 13.7. The van der Waals surface area contributed by atoms with Gasteiger partial charge in [-0.1, -0.05) is 12.1 Å². The molecule has 0 radical (unpaired) electrons. The molecule has 19 heavy (non-hydrogen) atoms. The molecule has 4 nitrogen and oxygen atoms in total. The lowest BCUT2D eigenvalue weighted by atomic mass is 10.1. The molecule has 0 aromatic heterocycles. The first-order valence-corrected chi connectivity index (χ1v) is 6.48. The first-order valence-electron chi connectivity index (χ1n) is 6.48. The van der Waals surface area contributed by atoms with Crippen molar-refractivity contribution in [1.82, 2.24) is 4.90 Å². The highest BCUT2D eigenvalue weighted by Crippen LogP contribution is 2.22. The molecule has 0 bridgehead atoms. The molecular weight excluding hydrogens is 242 g/mol. The van der Waals surface area contributed by atoms with Crippen LogP contribution in [0.2, 0.25) is 0 Å². The Balaban J connectivity index is 1.97. The Morgan fingerprint density at radius 1 is 1.26 bits per heavy atom. The van der Waals surface area contributed by atoms with Gasteiger partial charge in [-0.2, -0.15) is 0 Å². The van der Waals surface area contributed by atoms with Crippen LogP contribution < -0.4 is 4.74 Å². The Hall–Kier alpha value is -1.68. The third-order valence-corrected chi connectivity index (χ3v) is 3.37. The van der Waals surface area contributed by atoms with Crippen molar-refractivity contribution in [3.8, 4) is 5.75 Å². The maximum atomic E-state index is 5.55. The normalized spacial score (nSPS) is 16.3. The number of methoxy groups -OCH3 is 1. The molecular formula is C15H21NO3. The fourth-order valence-electron chi connectivity index (χ4n) is 2.01. The van der Waals surface area contributed by atoms with Crippen molar-refractivity contribution in [2.75, 3.05) is 33.9 Å². The van der Waals surface area contributed by atoms with E-state index in [2.05, 4.69) is 31.0 Å². The van der Waals surface area contributed by atoms with E-state index in [9.17, 15) is 0 Å². The molecule has 1 aromatic carbocycles. The molecule has 1 aliphatic rings. The highest BCUT2D eigenvalue weighted by Gasteiger charge is 2.15. The lowest BCUT2D eigenvalue weighted by Crippen LogP contribution is -2.27. The van der Waals surface area contributed by atoms with Gasteiger partial charge in [0.2, 0.25) is 0 Å². The Morgan fingerprint density at radius 2 is 2.00 bits per heavy atom. The number of rotatable bonds is 5. The average molecular weight is 263 g/mol. The second-order valence-electron chi connectivity index (χ2n) is 4.67. The lowest BCUT2D eigenvalue weighted by molar-refractivity contribution is 0.0682. The van der Waals surface area contributed by atoms with Crippen LogP contribution in [0.25, 0.3) is 0 Å². The molecule has 0 amide bonds. The van der Waals surface area contributed by atoms with E-state index in [4.69, 9.17) is 14.2 Å². The van der Waals surface area contributed by atoms with Gasteiger partial charge in [0.1, 0.15) is 31.0 Å². The summed E-state index contributed by atoms with van der Waals surface area (Å²) in [7, 11) is 3.76. The molecule has 0 fully saturated rings.